The molecule has 0 spiro atoms. The molecule has 1 atom stereocenters. The zero-order chi connectivity index (χ0) is 13.8. The molecule has 1 saturated heterocycles. The van der Waals surface area contributed by atoms with Gasteiger partial charge in [0.2, 0.25) is 0 Å². The van der Waals surface area contributed by atoms with Crippen molar-refractivity contribution in [2.75, 3.05) is 26.7 Å². The molecule has 1 aromatic rings. The smallest absolute Gasteiger partial charge is 0.123 e. The molecule has 4 heteroatoms. The third-order valence-corrected chi connectivity index (χ3v) is 3.99. The van der Waals surface area contributed by atoms with Crippen molar-refractivity contribution in [3.63, 3.8) is 0 Å². The lowest BCUT2D eigenvalue weighted by molar-refractivity contribution is 0.0883. The van der Waals surface area contributed by atoms with Crippen molar-refractivity contribution < 1.29 is 4.39 Å². The molecule has 1 fully saturated rings. The van der Waals surface area contributed by atoms with Crippen LogP contribution in [0.1, 0.15) is 24.5 Å². The lowest BCUT2D eigenvalue weighted by Crippen LogP contribution is -2.50. The molecule has 0 bridgehead atoms. The van der Waals surface area contributed by atoms with E-state index in [1.54, 1.807) is 6.07 Å². The van der Waals surface area contributed by atoms with Gasteiger partial charge in [0, 0.05) is 38.8 Å². The fourth-order valence-corrected chi connectivity index (χ4v) is 2.78. The fourth-order valence-electron chi connectivity index (χ4n) is 2.78. The molecule has 1 aromatic carbocycles. The second-order valence-electron chi connectivity index (χ2n) is 5.45. The van der Waals surface area contributed by atoms with Crippen molar-refractivity contribution in [2.45, 2.75) is 32.5 Å². The first-order chi connectivity index (χ1) is 9.12. The Labute approximate surface area is 115 Å². The predicted molar refractivity (Wildman–Crippen MR) is 76.3 cm³/mol. The topological polar surface area (TPSA) is 32.5 Å². The van der Waals surface area contributed by atoms with E-state index in [1.807, 2.05) is 6.07 Å². The molecule has 0 radical (unpaired) electrons. The number of hydrogen-bond donors (Lipinski definition) is 1. The van der Waals surface area contributed by atoms with E-state index in [0.29, 0.717) is 12.6 Å². The van der Waals surface area contributed by atoms with E-state index in [4.69, 9.17) is 5.73 Å². The Morgan fingerprint density at radius 2 is 2.00 bits per heavy atom. The summed E-state index contributed by atoms with van der Waals surface area (Å²) in [6.45, 7) is 6.61. The third kappa shape index (κ3) is 3.75. The fraction of sp³-hybridized carbons (Fsp3) is 0.600. The quantitative estimate of drug-likeness (QED) is 0.901. The van der Waals surface area contributed by atoms with Crippen LogP contribution in [0.4, 0.5) is 4.39 Å². The largest absolute Gasteiger partial charge is 0.326 e. The molecule has 1 aliphatic rings. The van der Waals surface area contributed by atoms with Gasteiger partial charge in [-0.3, -0.25) is 4.90 Å². The van der Waals surface area contributed by atoms with Gasteiger partial charge in [0.05, 0.1) is 0 Å². The maximum atomic E-state index is 13.5. The van der Waals surface area contributed by atoms with Crippen LogP contribution in [0, 0.1) is 5.82 Å². The predicted octanol–water partition coefficient (Wildman–Crippen LogP) is 1.81. The van der Waals surface area contributed by atoms with Crippen molar-refractivity contribution in [2.24, 2.45) is 5.73 Å². The Bertz CT molecular complexity index is 422. The van der Waals surface area contributed by atoms with E-state index in [-0.39, 0.29) is 5.82 Å². The van der Waals surface area contributed by atoms with Gasteiger partial charge in [0.15, 0.2) is 0 Å². The van der Waals surface area contributed by atoms with Gasteiger partial charge in [0.25, 0.3) is 0 Å². The van der Waals surface area contributed by atoms with Gasteiger partial charge in [0.1, 0.15) is 5.82 Å². The van der Waals surface area contributed by atoms with Gasteiger partial charge in [-0.05, 0) is 36.7 Å². The molecule has 2 N–H and O–H groups in total. The molecule has 2 rings (SSSR count). The molecule has 0 amide bonds. The number of halogens is 1. The maximum absolute atomic E-state index is 13.5. The number of nitrogens with two attached hydrogens (primary N) is 1. The summed E-state index contributed by atoms with van der Waals surface area (Å²) in [5.74, 6) is -0.181. The standard InChI is InChI=1S/C15H24FN3/c1-3-15-11-19(5-4-18(15)2)10-13-6-12(9-17)7-14(16)8-13/h6-8,15H,3-5,9-11,17H2,1-2H3. The first-order valence-corrected chi connectivity index (χ1v) is 7.03. The van der Waals surface area contributed by atoms with Crippen molar-refractivity contribution in [1.82, 2.24) is 9.80 Å². The number of likely N-dealkylation sites (N-methyl/N-ethyl adjacent to an activating group) is 1. The first-order valence-electron chi connectivity index (χ1n) is 7.03. The highest BCUT2D eigenvalue weighted by Crippen LogP contribution is 2.16. The van der Waals surface area contributed by atoms with Gasteiger partial charge in [-0.25, -0.2) is 4.39 Å². The summed E-state index contributed by atoms with van der Waals surface area (Å²) in [7, 11) is 2.18. The number of rotatable bonds is 4. The average Bonchev–Trinajstić information content (AvgIpc) is 2.40. The minimum absolute atomic E-state index is 0.181. The molecule has 19 heavy (non-hydrogen) atoms. The molecular formula is C15H24FN3. The second kappa shape index (κ2) is 6.46. The first kappa shape index (κ1) is 14.4. The highest BCUT2D eigenvalue weighted by Gasteiger charge is 2.22. The van der Waals surface area contributed by atoms with Crippen LogP contribution < -0.4 is 5.73 Å². The van der Waals surface area contributed by atoms with E-state index in [9.17, 15) is 4.39 Å². The molecule has 106 valence electrons. The van der Waals surface area contributed by atoms with Gasteiger partial charge >= 0.3 is 0 Å². The van der Waals surface area contributed by atoms with E-state index in [1.165, 1.54) is 6.07 Å². The van der Waals surface area contributed by atoms with E-state index in [2.05, 4.69) is 23.8 Å². The van der Waals surface area contributed by atoms with E-state index in [0.717, 1.165) is 43.7 Å². The number of nitrogens with zero attached hydrogens (tertiary/aromatic N) is 2. The molecule has 1 heterocycles. The van der Waals surface area contributed by atoms with Gasteiger partial charge < -0.3 is 10.6 Å². The number of hydrogen-bond acceptors (Lipinski definition) is 3. The summed E-state index contributed by atoms with van der Waals surface area (Å²) >= 11 is 0. The lowest BCUT2D eigenvalue weighted by atomic mass is 10.1. The van der Waals surface area contributed by atoms with Crippen LogP contribution in [-0.2, 0) is 13.1 Å². The highest BCUT2D eigenvalue weighted by molar-refractivity contribution is 5.24. The summed E-state index contributed by atoms with van der Waals surface area (Å²) in [6.07, 6.45) is 1.16. The van der Waals surface area contributed by atoms with Crippen LogP contribution in [-0.4, -0.2) is 42.5 Å². The molecular weight excluding hydrogens is 241 g/mol. The lowest BCUT2D eigenvalue weighted by Gasteiger charge is -2.39. The van der Waals surface area contributed by atoms with Crippen molar-refractivity contribution in [1.29, 1.82) is 0 Å². The summed E-state index contributed by atoms with van der Waals surface area (Å²) in [5.41, 5.74) is 7.49. The van der Waals surface area contributed by atoms with Crippen LogP contribution in [0.3, 0.4) is 0 Å². The van der Waals surface area contributed by atoms with Gasteiger partial charge in [-0.15, -0.1) is 0 Å². The average molecular weight is 265 g/mol. The van der Waals surface area contributed by atoms with Gasteiger partial charge in [-0.1, -0.05) is 13.0 Å². The molecule has 0 aromatic heterocycles. The van der Waals surface area contributed by atoms with E-state index < -0.39 is 0 Å². The Kier molecular flexibility index (Phi) is 4.91. The molecule has 3 nitrogen and oxygen atoms in total. The molecule has 0 saturated carbocycles. The van der Waals surface area contributed by atoms with Crippen LogP contribution in [0.25, 0.3) is 0 Å². The summed E-state index contributed by atoms with van der Waals surface area (Å²) in [4.78, 5) is 4.82. The summed E-state index contributed by atoms with van der Waals surface area (Å²) in [5, 5.41) is 0. The monoisotopic (exact) mass is 265 g/mol. The van der Waals surface area contributed by atoms with Crippen LogP contribution >= 0.6 is 0 Å². The summed E-state index contributed by atoms with van der Waals surface area (Å²) in [6, 6.07) is 5.76. The normalized spacial score (nSPS) is 21.8. The van der Waals surface area contributed by atoms with Crippen molar-refractivity contribution >= 4 is 0 Å². The van der Waals surface area contributed by atoms with Crippen LogP contribution in [0.15, 0.2) is 18.2 Å². The van der Waals surface area contributed by atoms with Gasteiger partial charge in [-0.2, -0.15) is 0 Å². The maximum Gasteiger partial charge on any atom is 0.123 e. The van der Waals surface area contributed by atoms with Crippen LogP contribution in [0.5, 0.6) is 0 Å². The molecule has 0 aliphatic carbocycles. The minimum atomic E-state index is -0.181. The minimum Gasteiger partial charge on any atom is -0.326 e. The summed E-state index contributed by atoms with van der Waals surface area (Å²) < 4.78 is 13.5. The Morgan fingerprint density at radius 1 is 1.26 bits per heavy atom. The Balaban J connectivity index is 2.03. The SMILES string of the molecule is CCC1CN(Cc2cc(F)cc(CN)c2)CCN1C. The van der Waals surface area contributed by atoms with Crippen molar-refractivity contribution in [3.8, 4) is 0 Å². The van der Waals surface area contributed by atoms with Crippen LogP contribution in [0.2, 0.25) is 0 Å². The van der Waals surface area contributed by atoms with E-state index >= 15 is 0 Å². The molecule has 1 unspecified atom stereocenters. The third-order valence-electron chi connectivity index (χ3n) is 3.99. The van der Waals surface area contributed by atoms with Crippen molar-refractivity contribution in [3.05, 3.63) is 35.1 Å². The zero-order valence-electron chi connectivity index (χ0n) is 11.9. The molecule has 1 aliphatic heterocycles. The second-order valence-corrected chi connectivity index (χ2v) is 5.45. The zero-order valence-corrected chi connectivity index (χ0v) is 11.9. The highest BCUT2D eigenvalue weighted by atomic mass is 19.1. The Hall–Kier alpha value is -0.970. The Morgan fingerprint density at radius 3 is 2.68 bits per heavy atom. The number of benzene rings is 1. The number of piperazine rings is 1.